The Morgan fingerprint density at radius 2 is 1.84 bits per heavy atom. The molecule has 0 saturated carbocycles. The molecule has 1 heterocycles. The maximum atomic E-state index is 5.57. The van der Waals surface area contributed by atoms with Crippen molar-refractivity contribution in [1.82, 2.24) is 5.32 Å². The number of hydrogen-bond acceptors (Lipinski definition) is 3. The molecule has 1 aliphatic rings. The van der Waals surface area contributed by atoms with Crippen molar-refractivity contribution in [1.29, 1.82) is 0 Å². The van der Waals surface area contributed by atoms with Crippen LogP contribution < -0.4 is 5.32 Å². The Bertz CT molecular complexity index is 358. The van der Waals surface area contributed by atoms with Crippen LogP contribution in [0.2, 0.25) is 0 Å². The molecule has 0 radical (unpaired) electrons. The second kappa shape index (κ2) is 7.63. The number of hydrogen-bond donors (Lipinski definition) is 1. The summed E-state index contributed by atoms with van der Waals surface area (Å²) in [7, 11) is 0. The van der Waals surface area contributed by atoms with E-state index < -0.39 is 0 Å². The number of aryl methyl sites for hydroxylation is 1. The van der Waals surface area contributed by atoms with Gasteiger partial charge in [-0.05, 0) is 30.5 Å². The van der Waals surface area contributed by atoms with Crippen molar-refractivity contribution in [2.24, 2.45) is 0 Å². The Kier molecular flexibility index (Phi) is 5.83. The molecule has 2 rings (SSSR count). The van der Waals surface area contributed by atoms with Crippen LogP contribution in [-0.2, 0) is 15.9 Å². The van der Waals surface area contributed by atoms with E-state index in [0.717, 1.165) is 39.0 Å². The van der Waals surface area contributed by atoms with Crippen molar-refractivity contribution in [3.8, 4) is 0 Å². The molecule has 1 aromatic rings. The van der Waals surface area contributed by atoms with Crippen LogP contribution in [-0.4, -0.2) is 26.0 Å². The molecule has 1 fully saturated rings. The summed E-state index contributed by atoms with van der Waals surface area (Å²) in [5, 5.41) is 3.59. The minimum Gasteiger partial charge on any atom is -0.350 e. The lowest BCUT2D eigenvalue weighted by Gasteiger charge is -2.22. The van der Waals surface area contributed by atoms with Gasteiger partial charge in [0, 0.05) is 12.5 Å². The zero-order chi connectivity index (χ0) is 13.5. The van der Waals surface area contributed by atoms with Gasteiger partial charge in [-0.2, -0.15) is 0 Å². The summed E-state index contributed by atoms with van der Waals surface area (Å²) in [6, 6.07) is 9.19. The molecule has 0 amide bonds. The standard InChI is InChI=1S/C16H25NO2/c1-3-9-17-15(12-16-18-10-11-19-16)14-7-5-13(4-2)6-8-14/h5-8,15-17H,3-4,9-12H2,1-2H3. The van der Waals surface area contributed by atoms with E-state index in [4.69, 9.17) is 9.47 Å². The van der Waals surface area contributed by atoms with Gasteiger partial charge in [-0.1, -0.05) is 38.1 Å². The molecular formula is C16H25NO2. The number of nitrogens with one attached hydrogen (secondary N) is 1. The second-order valence-electron chi connectivity index (χ2n) is 5.01. The van der Waals surface area contributed by atoms with E-state index in [1.54, 1.807) is 0 Å². The fraction of sp³-hybridized carbons (Fsp3) is 0.625. The predicted molar refractivity (Wildman–Crippen MR) is 77.2 cm³/mol. The highest BCUT2D eigenvalue weighted by molar-refractivity contribution is 5.25. The third-order valence-electron chi connectivity index (χ3n) is 3.55. The molecule has 1 saturated heterocycles. The van der Waals surface area contributed by atoms with Gasteiger partial charge in [-0.3, -0.25) is 0 Å². The Balaban J connectivity index is 2.01. The quantitative estimate of drug-likeness (QED) is 0.820. The lowest BCUT2D eigenvalue weighted by molar-refractivity contribution is -0.0530. The van der Waals surface area contributed by atoms with Crippen LogP contribution in [0.4, 0.5) is 0 Å². The van der Waals surface area contributed by atoms with Crippen molar-refractivity contribution >= 4 is 0 Å². The maximum Gasteiger partial charge on any atom is 0.159 e. The predicted octanol–water partition coefficient (Wildman–Crippen LogP) is 3.05. The molecule has 1 atom stereocenters. The largest absolute Gasteiger partial charge is 0.350 e. The summed E-state index contributed by atoms with van der Waals surface area (Å²) in [5.74, 6) is 0. The first-order valence-electron chi connectivity index (χ1n) is 7.39. The molecular weight excluding hydrogens is 238 g/mol. The Morgan fingerprint density at radius 3 is 2.42 bits per heavy atom. The molecule has 0 spiro atoms. The minimum absolute atomic E-state index is 0.0554. The van der Waals surface area contributed by atoms with Gasteiger partial charge < -0.3 is 14.8 Å². The SMILES string of the molecule is CCCNC(CC1OCCO1)c1ccc(CC)cc1. The van der Waals surface area contributed by atoms with Gasteiger partial charge >= 0.3 is 0 Å². The number of benzene rings is 1. The summed E-state index contributed by atoms with van der Waals surface area (Å²) in [4.78, 5) is 0. The Hall–Kier alpha value is -0.900. The van der Waals surface area contributed by atoms with Gasteiger partial charge in [0.25, 0.3) is 0 Å². The molecule has 1 N–H and O–H groups in total. The molecule has 1 aliphatic heterocycles. The van der Waals surface area contributed by atoms with Crippen molar-refractivity contribution in [2.75, 3.05) is 19.8 Å². The highest BCUT2D eigenvalue weighted by atomic mass is 16.7. The smallest absolute Gasteiger partial charge is 0.159 e. The van der Waals surface area contributed by atoms with Crippen molar-refractivity contribution in [2.45, 2.75) is 45.4 Å². The first-order valence-corrected chi connectivity index (χ1v) is 7.39. The lowest BCUT2D eigenvalue weighted by atomic mass is 10.0. The highest BCUT2D eigenvalue weighted by Gasteiger charge is 2.22. The van der Waals surface area contributed by atoms with Gasteiger partial charge in [0.2, 0.25) is 0 Å². The molecule has 19 heavy (non-hydrogen) atoms. The van der Waals surface area contributed by atoms with Crippen molar-refractivity contribution in [3.63, 3.8) is 0 Å². The molecule has 3 nitrogen and oxygen atoms in total. The van der Waals surface area contributed by atoms with Crippen molar-refractivity contribution in [3.05, 3.63) is 35.4 Å². The van der Waals surface area contributed by atoms with E-state index in [1.165, 1.54) is 11.1 Å². The van der Waals surface area contributed by atoms with Crippen LogP contribution in [0.15, 0.2) is 24.3 Å². The first-order chi connectivity index (χ1) is 9.33. The average molecular weight is 263 g/mol. The molecule has 106 valence electrons. The molecule has 0 aliphatic carbocycles. The van der Waals surface area contributed by atoms with Crippen LogP contribution in [0.5, 0.6) is 0 Å². The summed E-state index contributed by atoms with van der Waals surface area (Å²) in [6.45, 7) is 6.83. The van der Waals surface area contributed by atoms with E-state index >= 15 is 0 Å². The van der Waals surface area contributed by atoms with Gasteiger partial charge in [-0.15, -0.1) is 0 Å². The monoisotopic (exact) mass is 263 g/mol. The second-order valence-corrected chi connectivity index (χ2v) is 5.01. The van der Waals surface area contributed by atoms with Gasteiger partial charge in [0.15, 0.2) is 6.29 Å². The normalized spacial score (nSPS) is 17.8. The van der Waals surface area contributed by atoms with Gasteiger partial charge in [-0.25, -0.2) is 0 Å². The van der Waals surface area contributed by atoms with E-state index in [0.29, 0.717) is 6.04 Å². The molecule has 1 aromatic carbocycles. The molecule has 0 bridgehead atoms. The minimum atomic E-state index is -0.0554. The van der Waals surface area contributed by atoms with Crippen LogP contribution in [0.25, 0.3) is 0 Å². The fourth-order valence-corrected chi connectivity index (χ4v) is 2.38. The molecule has 0 aromatic heterocycles. The van der Waals surface area contributed by atoms with Gasteiger partial charge in [0.1, 0.15) is 0 Å². The van der Waals surface area contributed by atoms with E-state index in [9.17, 15) is 0 Å². The van der Waals surface area contributed by atoms with Crippen LogP contribution >= 0.6 is 0 Å². The summed E-state index contributed by atoms with van der Waals surface area (Å²) >= 11 is 0. The Morgan fingerprint density at radius 1 is 1.16 bits per heavy atom. The van der Waals surface area contributed by atoms with E-state index in [2.05, 4.69) is 43.4 Å². The van der Waals surface area contributed by atoms with E-state index in [-0.39, 0.29) is 6.29 Å². The first kappa shape index (κ1) is 14.5. The summed E-state index contributed by atoms with van der Waals surface area (Å²) in [6.07, 6.45) is 3.05. The number of rotatable bonds is 7. The summed E-state index contributed by atoms with van der Waals surface area (Å²) in [5.41, 5.74) is 2.70. The third-order valence-corrected chi connectivity index (χ3v) is 3.55. The summed E-state index contributed by atoms with van der Waals surface area (Å²) < 4.78 is 11.1. The van der Waals surface area contributed by atoms with Crippen LogP contribution in [0, 0.1) is 0 Å². The molecule has 1 unspecified atom stereocenters. The van der Waals surface area contributed by atoms with E-state index in [1.807, 2.05) is 0 Å². The van der Waals surface area contributed by atoms with Crippen LogP contribution in [0.1, 0.15) is 43.9 Å². The zero-order valence-electron chi connectivity index (χ0n) is 12.0. The third kappa shape index (κ3) is 4.30. The average Bonchev–Trinajstić information content (AvgIpc) is 2.96. The zero-order valence-corrected chi connectivity index (χ0v) is 12.0. The maximum absolute atomic E-state index is 5.57. The van der Waals surface area contributed by atoms with Gasteiger partial charge in [0.05, 0.1) is 13.2 Å². The molecule has 3 heteroatoms. The topological polar surface area (TPSA) is 30.5 Å². The fourth-order valence-electron chi connectivity index (χ4n) is 2.38. The van der Waals surface area contributed by atoms with Crippen LogP contribution in [0.3, 0.4) is 0 Å². The lowest BCUT2D eigenvalue weighted by Crippen LogP contribution is -2.26. The van der Waals surface area contributed by atoms with Crippen molar-refractivity contribution < 1.29 is 9.47 Å². The highest BCUT2D eigenvalue weighted by Crippen LogP contribution is 2.23. The Labute approximate surface area is 116 Å². The number of ether oxygens (including phenoxy) is 2.